The number of aliphatic hydroxyl groups excluding tert-OH is 1. The summed E-state index contributed by atoms with van der Waals surface area (Å²) in [5, 5.41) is 12.0. The Labute approximate surface area is 102 Å². The van der Waals surface area contributed by atoms with Crippen LogP contribution in [0.2, 0.25) is 0 Å². The summed E-state index contributed by atoms with van der Waals surface area (Å²) in [6.07, 6.45) is 0.696. The van der Waals surface area contributed by atoms with Crippen molar-refractivity contribution in [2.45, 2.75) is 32.5 Å². The van der Waals surface area contributed by atoms with Gasteiger partial charge in [-0.1, -0.05) is 31.2 Å². The molecule has 1 aromatic rings. The highest BCUT2D eigenvalue weighted by atomic mass is 16.5. The first-order chi connectivity index (χ1) is 8.21. The molecule has 4 nitrogen and oxygen atoms in total. The number of hydrogen-bond donors (Lipinski definition) is 2. The molecule has 1 atom stereocenters. The minimum absolute atomic E-state index is 0.0491. The van der Waals surface area contributed by atoms with Crippen LogP contribution in [0.25, 0.3) is 0 Å². The number of aliphatic hydroxyl groups is 1. The molecule has 1 rings (SSSR count). The van der Waals surface area contributed by atoms with Crippen LogP contribution in [0.15, 0.2) is 24.3 Å². The van der Waals surface area contributed by atoms with Crippen LogP contribution in [0.4, 0.5) is 0 Å². The Balaban J connectivity index is 2.50. The van der Waals surface area contributed by atoms with Gasteiger partial charge in [0.15, 0.2) is 0 Å². The lowest BCUT2D eigenvalue weighted by Crippen LogP contribution is -2.36. The van der Waals surface area contributed by atoms with Crippen LogP contribution in [-0.2, 0) is 22.7 Å². The molecule has 0 heterocycles. The number of rotatable bonds is 6. The van der Waals surface area contributed by atoms with Crippen LogP contribution in [0.5, 0.6) is 0 Å². The molecule has 0 aliphatic rings. The highest BCUT2D eigenvalue weighted by molar-refractivity contribution is 5.75. The van der Waals surface area contributed by atoms with Crippen molar-refractivity contribution in [2.75, 3.05) is 7.11 Å². The fourth-order valence-corrected chi connectivity index (χ4v) is 1.54. The summed E-state index contributed by atoms with van der Waals surface area (Å²) in [7, 11) is 1.39. The molecule has 0 aliphatic heterocycles. The maximum Gasteiger partial charge on any atom is 0.322 e. The second-order valence-corrected chi connectivity index (χ2v) is 3.84. The fraction of sp³-hybridized carbons (Fsp3) is 0.462. The van der Waals surface area contributed by atoms with E-state index in [0.29, 0.717) is 13.0 Å². The van der Waals surface area contributed by atoms with Gasteiger partial charge in [-0.2, -0.15) is 0 Å². The SMILES string of the molecule is CCC(NCc1ccc(CO)cc1)C(=O)OC. The normalized spacial score (nSPS) is 12.2. The third-order valence-electron chi connectivity index (χ3n) is 2.65. The van der Waals surface area contributed by atoms with Crippen molar-refractivity contribution >= 4 is 5.97 Å². The van der Waals surface area contributed by atoms with E-state index in [4.69, 9.17) is 9.84 Å². The Morgan fingerprint density at radius 2 is 1.94 bits per heavy atom. The van der Waals surface area contributed by atoms with Crippen molar-refractivity contribution in [1.29, 1.82) is 0 Å². The van der Waals surface area contributed by atoms with Crippen LogP contribution < -0.4 is 5.32 Å². The van der Waals surface area contributed by atoms with Gasteiger partial charge in [-0.05, 0) is 17.5 Å². The minimum Gasteiger partial charge on any atom is -0.468 e. The molecule has 4 heteroatoms. The number of esters is 1. The molecule has 0 spiro atoms. The van der Waals surface area contributed by atoms with Crippen LogP contribution in [0, 0.1) is 0 Å². The van der Waals surface area contributed by atoms with Crippen molar-refractivity contribution in [1.82, 2.24) is 5.32 Å². The van der Waals surface area contributed by atoms with Crippen molar-refractivity contribution in [3.8, 4) is 0 Å². The van der Waals surface area contributed by atoms with Crippen molar-refractivity contribution in [2.24, 2.45) is 0 Å². The van der Waals surface area contributed by atoms with E-state index < -0.39 is 0 Å². The summed E-state index contributed by atoms with van der Waals surface area (Å²) in [4.78, 5) is 11.3. The molecule has 1 unspecified atom stereocenters. The molecule has 0 radical (unpaired) electrons. The molecule has 17 heavy (non-hydrogen) atoms. The van der Waals surface area contributed by atoms with E-state index >= 15 is 0 Å². The summed E-state index contributed by atoms with van der Waals surface area (Å²) in [5.74, 6) is -0.237. The lowest BCUT2D eigenvalue weighted by atomic mass is 10.1. The Bertz CT molecular complexity index is 348. The highest BCUT2D eigenvalue weighted by Gasteiger charge is 2.15. The molecule has 94 valence electrons. The van der Waals surface area contributed by atoms with Gasteiger partial charge in [0.2, 0.25) is 0 Å². The minimum atomic E-state index is -0.266. The van der Waals surface area contributed by atoms with Gasteiger partial charge in [-0.15, -0.1) is 0 Å². The Morgan fingerprint density at radius 1 is 1.35 bits per heavy atom. The average Bonchev–Trinajstić information content (AvgIpc) is 2.39. The molecule has 0 aromatic heterocycles. The Hall–Kier alpha value is -1.39. The van der Waals surface area contributed by atoms with E-state index in [-0.39, 0.29) is 18.6 Å². The van der Waals surface area contributed by atoms with E-state index in [1.807, 2.05) is 31.2 Å². The van der Waals surface area contributed by atoms with Gasteiger partial charge in [0.05, 0.1) is 13.7 Å². The summed E-state index contributed by atoms with van der Waals surface area (Å²) in [6.45, 7) is 2.59. The number of methoxy groups -OCH3 is 1. The average molecular weight is 237 g/mol. The van der Waals surface area contributed by atoms with Gasteiger partial charge in [-0.3, -0.25) is 4.79 Å². The zero-order chi connectivity index (χ0) is 12.7. The molecular weight excluding hydrogens is 218 g/mol. The number of carbonyl (C=O) groups excluding carboxylic acids is 1. The van der Waals surface area contributed by atoms with Gasteiger partial charge < -0.3 is 15.2 Å². The van der Waals surface area contributed by atoms with E-state index in [1.54, 1.807) is 0 Å². The summed E-state index contributed by atoms with van der Waals surface area (Å²) >= 11 is 0. The molecule has 2 N–H and O–H groups in total. The van der Waals surface area contributed by atoms with Gasteiger partial charge in [0.25, 0.3) is 0 Å². The maximum absolute atomic E-state index is 11.3. The number of nitrogens with one attached hydrogen (secondary N) is 1. The summed E-state index contributed by atoms with van der Waals surface area (Å²) in [6, 6.07) is 7.34. The zero-order valence-corrected chi connectivity index (χ0v) is 10.3. The second-order valence-electron chi connectivity index (χ2n) is 3.84. The van der Waals surface area contributed by atoms with Crippen LogP contribution >= 0.6 is 0 Å². The number of ether oxygens (including phenoxy) is 1. The van der Waals surface area contributed by atoms with E-state index in [2.05, 4.69) is 5.32 Å². The Morgan fingerprint density at radius 3 is 2.41 bits per heavy atom. The molecule has 1 aromatic carbocycles. The number of carbonyl (C=O) groups is 1. The van der Waals surface area contributed by atoms with Crippen LogP contribution in [-0.4, -0.2) is 24.2 Å². The largest absolute Gasteiger partial charge is 0.468 e. The quantitative estimate of drug-likeness (QED) is 0.730. The molecular formula is C13H19NO3. The Kier molecular flexibility index (Phi) is 5.66. The topological polar surface area (TPSA) is 58.6 Å². The van der Waals surface area contributed by atoms with Gasteiger partial charge in [-0.25, -0.2) is 0 Å². The van der Waals surface area contributed by atoms with Crippen molar-refractivity contribution < 1.29 is 14.6 Å². The molecule has 0 fully saturated rings. The third-order valence-corrected chi connectivity index (χ3v) is 2.65. The summed E-state index contributed by atoms with van der Waals surface area (Å²) in [5.41, 5.74) is 1.96. The monoisotopic (exact) mass is 237 g/mol. The fourth-order valence-electron chi connectivity index (χ4n) is 1.54. The van der Waals surface area contributed by atoms with E-state index in [1.165, 1.54) is 7.11 Å². The predicted molar refractivity (Wildman–Crippen MR) is 65.3 cm³/mol. The van der Waals surface area contributed by atoms with Gasteiger partial charge in [0, 0.05) is 6.54 Å². The van der Waals surface area contributed by atoms with E-state index in [9.17, 15) is 4.79 Å². The maximum atomic E-state index is 11.3. The molecule has 0 aliphatic carbocycles. The lowest BCUT2D eigenvalue weighted by Gasteiger charge is -2.14. The first kappa shape index (κ1) is 13.7. The second kappa shape index (κ2) is 7.04. The first-order valence-corrected chi connectivity index (χ1v) is 5.71. The standard InChI is InChI=1S/C13H19NO3/c1-3-12(13(16)17-2)14-8-10-4-6-11(9-15)7-5-10/h4-7,12,14-15H,3,8-9H2,1-2H3. The highest BCUT2D eigenvalue weighted by Crippen LogP contribution is 2.05. The lowest BCUT2D eigenvalue weighted by molar-refractivity contribution is -0.143. The van der Waals surface area contributed by atoms with Crippen molar-refractivity contribution in [3.05, 3.63) is 35.4 Å². The zero-order valence-electron chi connectivity index (χ0n) is 10.3. The molecule has 0 bridgehead atoms. The molecule has 0 saturated heterocycles. The van der Waals surface area contributed by atoms with Crippen LogP contribution in [0.1, 0.15) is 24.5 Å². The van der Waals surface area contributed by atoms with E-state index in [0.717, 1.165) is 11.1 Å². The smallest absolute Gasteiger partial charge is 0.322 e. The molecule has 0 amide bonds. The van der Waals surface area contributed by atoms with Gasteiger partial charge in [0.1, 0.15) is 6.04 Å². The first-order valence-electron chi connectivity index (χ1n) is 5.71. The van der Waals surface area contributed by atoms with Gasteiger partial charge >= 0.3 is 5.97 Å². The van der Waals surface area contributed by atoms with Crippen LogP contribution in [0.3, 0.4) is 0 Å². The summed E-state index contributed by atoms with van der Waals surface area (Å²) < 4.78 is 4.69. The molecule has 0 saturated carbocycles. The predicted octanol–water partition coefficient (Wildman–Crippen LogP) is 1.22. The third kappa shape index (κ3) is 4.17. The number of benzene rings is 1. The van der Waals surface area contributed by atoms with Crippen molar-refractivity contribution in [3.63, 3.8) is 0 Å². The number of hydrogen-bond acceptors (Lipinski definition) is 4.